The number of hydrogen-bond donors (Lipinski definition) is 0. The van der Waals surface area contributed by atoms with Gasteiger partial charge in [-0.25, -0.2) is 4.39 Å². The summed E-state index contributed by atoms with van der Waals surface area (Å²) in [5, 5.41) is 4.00. The third-order valence-corrected chi connectivity index (χ3v) is 5.34. The fourth-order valence-corrected chi connectivity index (χ4v) is 3.57. The second kappa shape index (κ2) is 7.54. The molecule has 28 heavy (non-hydrogen) atoms. The van der Waals surface area contributed by atoms with Crippen molar-refractivity contribution in [3.05, 3.63) is 70.9 Å². The molecule has 0 spiro atoms. The van der Waals surface area contributed by atoms with E-state index >= 15 is 0 Å². The number of aryl methyl sites for hydroxylation is 2. The number of rotatable bonds is 3. The maximum Gasteiger partial charge on any atom is 0.253 e. The number of benzene rings is 2. The third-order valence-electron chi connectivity index (χ3n) is 5.34. The molecule has 5 nitrogen and oxygen atoms in total. The fourth-order valence-electron chi connectivity index (χ4n) is 3.57. The molecule has 2 heterocycles. The number of carbonyl (C=O) groups excluding carboxylic acids is 1. The molecule has 1 aliphatic heterocycles. The van der Waals surface area contributed by atoms with Crippen LogP contribution in [0.3, 0.4) is 0 Å². The summed E-state index contributed by atoms with van der Waals surface area (Å²) in [6, 6.07) is 11.9. The van der Waals surface area contributed by atoms with Crippen LogP contribution in [0.15, 0.2) is 47.0 Å². The van der Waals surface area contributed by atoms with Gasteiger partial charge in [-0.3, -0.25) is 4.79 Å². The van der Waals surface area contributed by atoms with Crippen molar-refractivity contribution in [1.29, 1.82) is 0 Å². The van der Waals surface area contributed by atoms with E-state index in [0.29, 0.717) is 35.9 Å². The molecule has 1 fully saturated rings. The summed E-state index contributed by atoms with van der Waals surface area (Å²) >= 11 is 0. The summed E-state index contributed by atoms with van der Waals surface area (Å²) in [5.74, 6) is 0.535. The molecule has 4 rings (SSSR count). The van der Waals surface area contributed by atoms with E-state index in [0.717, 1.165) is 18.4 Å². The van der Waals surface area contributed by atoms with Crippen LogP contribution in [0, 0.1) is 19.7 Å². The first kappa shape index (κ1) is 18.3. The van der Waals surface area contributed by atoms with Gasteiger partial charge in [-0.05, 0) is 62.1 Å². The van der Waals surface area contributed by atoms with E-state index in [1.54, 1.807) is 12.1 Å². The fraction of sp³-hybridized carbons (Fsp3) is 0.318. The maximum atomic E-state index is 13.4. The van der Waals surface area contributed by atoms with Crippen LogP contribution in [0.2, 0.25) is 0 Å². The molecule has 1 atom stereocenters. The van der Waals surface area contributed by atoms with Gasteiger partial charge < -0.3 is 9.42 Å². The summed E-state index contributed by atoms with van der Waals surface area (Å²) in [5.41, 5.74) is 3.56. The van der Waals surface area contributed by atoms with E-state index in [9.17, 15) is 9.18 Å². The van der Waals surface area contributed by atoms with Crippen molar-refractivity contribution in [2.45, 2.75) is 32.6 Å². The quantitative estimate of drug-likeness (QED) is 0.672. The molecule has 1 saturated heterocycles. The van der Waals surface area contributed by atoms with Gasteiger partial charge in [0.15, 0.2) is 0 Å². The van der Waals surface area contributed by atoms with E-state index in [1.165, 1.54) is 17.7 Å². The number of piperidine rings is 1. The minimum absolute atomic E-state index is 0.0148. The lowest BCUT2D eigenvalue weighted by atomic mass is 9.96. The average molecular weight is 379 g/mol. The van der Waals surface area contributed by atoms with Crippen LogP contribution < -0.4 is 0 Å². The van der Waals surface area contributed by atoms with E-state index < -0.39 is 0 Å². The standard InChI is InChI=1S/C22H22FN3O2/c1-14-8-9-17(11-15(14)2)22(27)26-10-4-6-18(13-26)21-24-20(25-28-21)16-5-3-7-19(23)12-16/h3,5,7-9,11-12,18H,4,6,10,13H2,1-2H3. The molecular weight excluding hydrogens is 357 g/mol. The predicted octanol–water partition coefficient (Wildman–Crippen LogP) is 4.51. The average Bonchev–Trinajstić information content (AvgIpc) is 3.20. The Kier molecular flexibility index (Phi) is 4.94. The van der Waals surface area contributed by atoms with Crippen LogP contribution in [0.4, 0.5) is 4.39 Å². The Hall–Kier alpha value is -3.02. The number of aromatic nitrogens is 2. The summed E-state index contributed by atoms with van der Waals surface area (Å²) in [4.78, 5) is 19.2. The Balaban J connectivity index is 1.51. The van der Waals surface area contributed by atoms with Gasteiger partial charge >= 0.3 is 0 Å². The molecule has 1 amide bonds. The first-order chi connectivity index (χ1) is 13.5. The van der Waals surface area contributed by atoms with Crippen molar-refractivity contribution in [2.24, 2.45) is 0 Å². The van der Waals surface area contributed by atoms with Gasteiger partial charge in [0.1, 0.15) is 5.82 Å². The largest absolute Gasteiger partial charge is 0.339 e. The van der Waals surface area contributed by atoms with Crippen LogP contribution in [0.1, 0.15) is 46.1 Å². The number of nitrogens with zero attached hydrogens (tertiary/aromatic N) is 3. The topological polar surface area (TPSA) is 59.2 Å². The number of amides is 1. The van der Waals surface area contributed by atoms with E-state index in [4.69, 9.17) is 4.52 Å². The minimum atomic E-state index is -0.341. The highest BCUT2D eigenvalue weighted by molar-refractivity contribution is 5.94. The van der Waals surface area contributed by atoms with Gasteiger partial charge in [-0.1, -0.05) is 23.4 Å². The van der Waals surface area contributed by atoms with Crippen molar-refractivity contribution < 1.29 is 13.7 Å². The summed E-state index contributed by atoms with van der Waals surface area (Å²) in [6.07, 6.45) is 1.75. The number of carbonyl (C=O) groups is 1. The molecule has 0 N–H and O–H groups in total. The van der Waals surface area contributed by atoms with Crippen LogP contribution in [-0.2, 0) is 0 Å². The summed E-state index contributed by atoms with van der Waals surface area (Å²) in [7, 11) is 0. The first-order valence-corrected chi connectivity index (χ1v) is 9.47. The number of halogens is 1. The molecule has 6 heteroatoms. The van der Waals surface area contributed by atoms with Crippen LogP contribution in [0.25, 0.3) is 11.4 Å². The van der Waals surface area contributed by atoms with Gasteiger partial charge in [0, 0.05) is 24.2 Å². The first-order valence-electron chi connectivity index (χ1n) is 9.47. The normalized spacial score (nSPS) is 17.0. The molecule has 0 bridgehead atoms. The SMILES string of the molecule is Cc1ccc(C(=O)N2CCCC(c3nc(-c4cccc(F)c4)no3)C2)cc1C. The molecule has 1 aliphatic rings. The molecule has 144 valence electrons. The van der Waals surface area contributed by atoms with Gasteiger partial charge in [0.2, 0.25) is 11.7 Å². The van der Waals surface area contributed by atoms with E-state index in [-0.39, 0.29) is 17.6 Å². The van der Waals surface area contributed by atoms with Gasteiger partial charge in [-0.15, -0.1) is 0 Å². The Morgan fingerprint density at radius 3 is 2.82 bits per heavy atom. The van der Waals surface area contributed by atoms with Crippen molar-refractivity contribution >= 4 is 5.91 Å². The Morgan fingerprint density at radius 2 is 2.04 bits per heavy atom. The van der Waals surface area contributed by atoms with E-state index in [1.807, 2.05) is 36.9 Å². The second-order valence-electron chi connectivity index (χ2n) is 7.36. The zero-order chi connectivity index (χ0) is 19.7. The number of hydrogen-bond acceptors (Lipinski definition) is 4. The predicted molar refractivity (Wildman–Crippen MR) is 103 cm³/mol. The third kappa shape index (κ3) is 3.67. The Labute approximate surface area is 163 Å². The molecule has 3 aromatic rings. The zero-order valence-corrected chi connectivity index (χ0v) is 16.0. The van der Waals surface area contributed by atoms with Crippen molar-refractivity contribution in [3.63, 3.8) is 0 Å². The minimum Gasteiger partial charge on any atom is -0.339 e. The second-order valence-corrected chi connectivity index (χ2v) is 7.36. The van der Waals surface area contributed by atoms with Crippen LogP contribution in [-0.4, -0.2) is 34.0 Å². The Morgan fingerprint density at radius 1 is 1.18 bits per heavy atom. The molecule has 0 saturated carbocycles. The maximum absolute atomic E-state index is 13.4. The van der Waals surface area contributed by atoms with Crippen molar-refractivity contribution in [1.82, 2.24) is 15.0 Å². The number of likely N-dealkylation sites (tertiary alicyclic amines) is 1. The Bertz CT molecular complexity index is 1010. The summed E-state index contributed by atoms with van der Waals surface area (Å²) < 4.78 is 18.9. The lowest BCUT2D eigenvalue weighted by Crippen LogP contribution is -2.39. The highest BCUT2D eigenvalue weighted by atomic mass is 19.1. The lowest BCUT2D eigenvalue weighted by Gasteiger charge is -2.31. The van der Waals surface area contributed by atoms with Crippen LogP contribution in [0.5, 0.6) is 0 Å². The molecular formula is C22H22FN3O2. The van der Waals surface area contributed by atoms with Crippen LogP contribution >= 0.6 is 0 Å². The monoisotopic (exact) mass is 379 g/mol. The van der Waals surface area contributed by atoms with Gasteiger partial charge in [0.25, 0.3) is 5.91 Å². The zero-order valence-electron chi connectivity index (χ0n) is 16.0. The van der Waals surface area contributed by atoms with Crippen molar-refractivity contribution in [3.8, 4) is 11.4 Å². The molecule has 2 aromatic carbocycles. The molecule has 1 unspecified atom stereocenters. The highest BCUT2D eigenvalue weighted by Crippen LogP contribution is 2.28. The molecule has 0 aliphatic carbocycles. The molecule has 1 aromatic heterocycles. The smallest absolute Gasteiger partial charge is 0.253 e. The molecule has 0 radical (unpaired) electrons. The van der Waals surface area contributed by atoms with Gasteiger partial charge in [-0.2, -0.15) is 4.98 Å². The highest BCUT2D eigenvalue weighted by Gasteiger charge is 2.29. The lowest BCUT2D eigenvalue weighted by molar-refractivity contribution is 0.0695. The summed E-state index contributed by atoms with van der Waals surface area (Å²) in [6.45, 7) is 5.30. The van der Waals surface area contributed by atoms with E-state index in [2.05, 4.69) is 10.1 Å². The van der Waals surface area contributed by atoms with Crippen molar-refractivity contribution in [2.75, 3.05) is 13.1 Å². The van der Waals surface area contributed by atoms with Gasteiger partial charge in [0.05, 0.1) is 5.92 Å².